The zero-order chi connectivity index (χ0) is 31.6. The molecule has 2 fully saturated rings. The number of para-hydroxylation sites is 1. The van der Waals surface area contributed by atoms with Crippen LogP contribution in [0.15, 0.2) is 49.1 Å². The number of rotatable bonds is 9. The molecule has 0 radical (unpaired) electrons. The van der Waals surface area contributed by atoms with Gasteiger partial charge in [-0.1, -0.05) is 12.1 Å². The number of hydrogen-bond donors (Lipinski definition) is 3. The van der Waals surface area contributed by atoms with Gasteiger partial charge < -0.3 is 30.0 Å². The highest BCUT2D eigenvalue weighted by molar-refractivity contribution is 6.06. The number of nitrogens with zero attached hydrogens (tertiary/aromatic N) is 8. The Labute approximate surface area is 266 Å². The molecule has 1 amide bonds. The zero-order valence-corrected chi connectivity index (χ0v) is 26.2. The van der Waals surface area contributed by atoms with Crippen molar-refractivity contribution in [3.8, 4) is 17.0 Å². The van der Waals surface area contributed by atoms with Crippen molar-refractivity contribution in [2.75, 3.05) is 61.5 Å². The summed E-state index contributed by atoms with van der Waals surface area (Å²) >= 11 is 0. The second kappa shape index (κ2) is 12.7. The Bertz CT molecular complexity index is 1830. The Balaban J connectivity index is 0.977. The van der Waals surface area contributed by atoms with E-state index in [1.165, 1.54) is 0 Å². The molecule has 46 heavy (non-hydrogen) atoms. The van der Waals surface area contributed by atoms with E-state index in [9.17, 15) is 4.79 Å². The summed E-state index contributed by atoms with van der Waals surface area (Å²) in [6.07, 6.45) is 7.95. The normalized spacial score (nSPS) is 17.0. The van der Waals surface area contributed by atoms with Crippen LogP contribution >= 0.6 is 0 Å². The van der Waals surface area contributed by atoms with Gasteiger partial charge >= 0.3 is 0 Å². The Morgan fingerprint density at radius 3 is 2.72 bits per heavy atom. The third kappa shape index (κ3) is 6.34. The molecule has 14 heteroatoms. The number of hydrogen-bond acceptors (Lipinski definition) is 11. The van der Waals surface area contributed by atoms with Gasteiger partial charge in [-0.25, -0.2) is 19.9 Å². The summed E-state index contributed by atoms with van der Waals surface area (Å²) in [6.45, 7) is 8.59. The number of aromatic amines is 1. The second-order valence-electron chi connectivity index (χ2n) is 11.7. The first-order valence-corrected chi connectivity index (χ1v) is 15.4. The Morgan fingerprint density at radius 1 is 1.11 bits per heavy atom. The highest BCUT2D eigenvalue weighted by Gasteiger charge is 2.26. The Kier molecular flexibility index (Phi) is 8.20. The number of carbonyl (C=O) groups is 1. The SMILES string of the molecule is Cc1cnc(Nc2cc(C)n(C)n2)nc1-c1c[nH]c2c(NC(=O)CN3CCC(Oc4cnc(N5CCOCC5)nc4)C3)cccc12. The van der Waals surface area contributed by atoms with Crippen molar-refractivity contribution in [1.82, 2.24) is 39.6 Å². The number of anilines is 4. The van der Waals surface area contributed by atoms with Gasteiger partial charge in [-0.2, -0.15) is 5.10 Å². The molecule has 0 spiro atoms. The van der Waals surface area contributed by atoms with Gasteiger partial charge in [0.15, 0.2) is 11.6 Å². The van der Waals surface area contributed by atoms with E-state index in [0.717, 1.165) is 59.5 Å². The minimum absolute atomic E-state index is 0.0304. The minimum atomic E-state index is -0.0853. The number of likely N-dealkylation sites (tertiary alicyclic amines) is 1. The van der Waals surface area contributed by atoms with Crippen molar-refractivity contribution in [2.24, 2.45) is 7.05 Å². The van der Waals surface area contributed by atoms with Crippen molar-refractivity contribution in [1.29, 1.82) is 0 Å². The van der Waals surface area contributed by atoms with E-state index in [4.69, 9.17) is 14.5 Å². The fourth-order valence-corrected chi connectivity index (χ4v) is 5.88. The highest BCUT2D eigenvalue weighted by Crippen LogP contribution is 2.33. The number of H-pyrrole nitrogens is 1. The first-order valence-electron chi connectivity index (χ1n) is 15.4. The quantitative estimate of drug-likeness (QED) is 0.222. The molecule has 2 aliphatic rings. The van der Waals surface area contributed by atoms with Crippen molar-refractivity contribution in [2.45, 2.75) is 26.4 Å². The van der Waals surface area contributed by atoms with Gasteiger partial charge in [-0.15, -0.1) is 0 Å². The molecule has 2 aliphatic heterocycles. The number of fused-ring (bicyclic) bond motifs is 1. The number of nitrogens with one attached hydrogen (secondary N) is 3. The maximum absolute atomic E-state index is 13.2. The molecule has 6 heterocycles. The van der Waals surface area contributed by atoms with Crippen LogP contribution in [0.5, 0.6) is 5.75 Å². The van der Waals surface area contributed by atoms with E-state index < -0.39 is 0 Å². The summed E-state index contributed by atoms with van der Waals surface area (Å²) < 4.78 is 13.3. The number of benzene rings is 1. The van der Waals surface area contributed by atoms with E-state index in [-0.39, 0.29) is 18.6 Å². The molecule has 1 unspecified atom stereocenters. The lowest BCUT2D eigenvalue weighted by molar-refractivity contribution is -0.117. The molecule has 0 bridgehead atoms. The predicted molar refractivity (Wildman–Crippen MR) is 174 cm³/mol. The first-order chi connectivity index (χ1) is 22.4. The molecular weight excluding hydrogens is 586 g/mol. The summed E-state index contributed by atoms with van der Waals surface area (Å²) in [5, 5.41) is 11.7. The van der Waals surface area contributed by atoms with Crippen LogP contribution in [0.25, 0.3) is 22.2 Å². The molecule has 14 nitrogen and oxygen atoms in total. The van der Waals surface area contributed by atoms with Gasteiger partial charge in [0.25, 0.3) is 0 Å². The molecule has 5 aromatic rings. The maximum Gasteiger partial charge on any atom is 0.238 e. The molecule has 1 atom stereocenters. The van der Waals surface area contributed by atoms with Gasteiger partial charge in [-0.05, 0) is 31.9 Å². The van der Waals surface area contributed by atoms with Crippen LogP contribution < -0.4 is 20.3 Å². The van der Waals surface area contributed by atoms with Crippen LogP contribution in [0.2, 0.25) is 0 Å². The third-order valence-electron chi connectivity index (χ3n) is 8.38. The van der Waals surface area contributed by atoms with Crippen LogP contribution in [0.1, 0.15) is 17.7 Å². The lowest BCUT2D eigenvalue weighted by Crippen LogP contribution is -2.37. The van der Waals surface area contributed by atoms with E-state index in [0.29, 0.717) is 48.9 Å². The number of aryl methyl sites for hydroxylation is 3. The van der Waals surface area contributed by atoms with Crippen molar-refractivity contribution in [3.05, 3.63) is 60.3 Å². The van der Waals surface area contributed by atoms with Crippen LogP contribution in [0.4, 0.5) is 23.4 Å². The molecular formula is C32H37N11O3. The van der Waals surface area contributed by atoms with Crippen molar-refractivity contribution < 1.29 is 14.3 Å². The van der Waals surface area contributed by atoms with Crippen molar-refractivity contribution in [3.63, 3.8) is 0 Å². The van der Waals surface area contributed by atoms with Gasteiger partial charge in [-0.3, -0.25) is 14.4 Å². The van der Waals surface area contributed by atoms with Gasteiger partial charge in [0.05, 0.1) is 49.1 Å². The summed E-state index contributed by atoms with van der Waals surface area (Å²) in [6, 6.07) is 7.81. The molecule has 4 aromatic heterocycles. The minimum Gasteiger partial charge on any atom is -0.486 e. The van der Waals surface area contributed by atoms with Crippen LogP contribution in [-0.4, -0.2) is 97.5 Å². The molecule has 7 rings (SSSR count). The fourth-order valence-electron chi connectivity index (χ4n) is 5.88. The average molecular weight is 624 g/mol. The summed E-state index contributed by atoms with van der Waals surface area (Å²) in [5.41, 5.74) is 5.23. The smallest absolute Gasteiger partial charge is 0.238 e. The Hall–Kier alpha value is -5.08. The number of amides is 1. The molecule has 3 N–H and O–H groups in total. The maximum atomic E-state index is 13.2. The largest absolute Gasteiger partial charge is 0.486 e. The molecule has 1 aromatic carbocycles. The van der Waals surface area contributed by atoms with E-state index in [1.54, 1.807) is 23.3 Å². The monoisotopic (exact) mass is 623 g/mol. The number of carbonyl (C=O) groups excluding carboxylic acids is 1. The van der Waals surface area contributed by atoms with E-state index in [2.05, 4.69) is 45.5 Å². The second-order valence-corrected chi connectivity index (χ2v) is 11.7. The average Bonchev–Trinajstić information content (AvgIpc) is 3.77. The molecule has 0 saturated carbocycles. The predicted octanol–water partition coefficient (Wildman–Crippen LogP) is 3.44. The van der Waals surface area contributed by atoms with E-state index in [1.807, 2.05) is 51.4 Å². The van der Waals surface area contributed by atoms with Crippen LogP contribution in [0, 0.1) is 13.8 Å². The van der Waals surface area contributed by atoms with E-state index >= 15 is 0 Å². The Morgan fingerprint density at radius 2 is 1.93 bits per heavy atom. The van der Waals surface area contributed by atoms with Crippen LogP contribution in [-0.2, 0) is 16.6 Å². The summed E-state index contributed by atoms with van der Waals surface area (Å²) in [4.78, 5) is 38.9. The summed E-state index contributed by atoms with van der Waals surface area (Å²) in [5.74, 6) is 2.38. The van der Waals surface area contributed by atoms with Crippen molar-refractivity contribution >= 4 is 40.2 Å². The standard InChI is InChI=1S/C32H37N11O3/c1-20-14-34-31(38-27-13-21(2)41(3)40-27)39-29(20)25-17-33-30-24(25)5-4-6-26(30)37-28(44)19-42-8-7-22(18-42)46-23-15-35-32(36-16-23)43-9-11-45-12-10-43/h4-6,13-17,22,33H,7-12,18-19H2,1-3H3,(H,37,44)(H,34,38,39,40). The third-order valence-corrected chi connectivity index (χ3v) is 8.38. The van der Waals surface area contributed by atoms with Crippen LogP contribution in [0.3, 0.4) is 0 Å². The van der Waals surface area contributed by atoms with Gasteiger partial charge in [0.1, 0.15) is 6.10 Å². The highest BCUT2D eigenvalue weighted by atomic mass is 16.5. The number of ether oxygens (including phenoxy) is 2. The van der Waals surface area contributed by atoms with Gasteiger partial charge in [0, 0.05) is 68.3 Å². The zero-order valence-electron chi connectivity index (χ0n) is 26.2. The fraction of sp³-hybridized carbons (Fsp3) is 0.375. The first kappa shape index (κ1) is 29.6. The molecule has 0 aliphatic carbocycles. The summed E-state index contributed by atoms with van der Waals surface area (Å²) in [7, 11) is 1.89. The van der Waals surface area contributed by atoms with Gasteiger partial charge in [0.2, 0.25) is 17.8 Å². The lowest BCUT2D eigenvalue weighted by atomic mass is 10.1. The molecule has 2 saturated heterocycles. The molecule has 238 valence electrons. The number of morpholine rings is 1. The topological polar surface area (TPSA) is 151 Å². The lowest BCUT2D eigenvalue weighted by Gasteiger charge is -2.26. The number of aromatic nitrogens is 7.